The maximum atomic E-state index is 5.97. The van der Waals surface area contributed by atoms with Crippen molar-refractivity contribution in [3.63, 3.8) is 0 Å². The van der Waals surface area contributed by atoms with E-state index in [0.29, 0.717) is 11.9 Å². The first-order valence-corrected chi connectivity index (χ1v) is 7.13. The van der Waals surface area contributed by atoms with Crippen molar-refractivity contribution in [1.82, 2.24) is 9.97 Å². The largest absolute Gasteiger partial charge is 0.367 e. The molecule has 0 spiro atoms. The number of aryl methyl sites for hydroxylation is 1. The van der Waals surface area contributed by atoms with Crippen molar-refractivity contribution in [2.24, 2.45) is 0 Å². The van der Waals surface area contributed by atoms with E-state index in [1.54, 1.807) is 0 Å². The molecule has 0 radical (unpaired) electrons. The van der Waals surface area contributed by atoms with E-state index >= 15 is 0 Å². The second kappa shape index (κ2) is 5.63. The average Bonchev–Trinajstić information content (AvgIpc) is 3.20. The van der Waals surface area contributed by atoms with E-state index in [1.807, 2.05) is 49.4 Å². The number of nitrogens with one attached hydrogen (secondary N) is 1. The van der Waals surface area contributed by atoms with Gasteiger partial charge < -0.3 is 5.32 Å². The summed E-state index contributed by atoms with van der Waals surface area (Å²) in [7, 11) is 0. The van der Waals surface area contributed by atoms with Gasteiger partial charge in [-0.15, -0.1) is 0 Å². The number of aromatic nitrogens is 2. The Kier molecular flexibility index (Phi) is 3.70. The highest BCUT2D eigenvalue weighted by Gasteiger charge is 2.21. The van der Waals surface area contributed by atoms with E-state index in [-0.39, 0.29) is 0 Å². The Balaban J connectivity index is 1.80. The third-order valence-corrected chi connectivity index (χ3v) is 3.31. The molecular formula is C16H16ClN3. The van der Waals surface area contributed by atoms with Crippen molar-refractivity contribution >= 4 is 29.6 Å². The molecule has 0 bridgehead atoms. The minimum absolute atomic E-state index is 0.592. The number of halogens is 1. The summed E-state index contributed by atoms with van der Waals surface area (Å²) >= 11 is 5.97. The van der Waals surface area contributed by atoms with Crippen LogP contribution in [0.15, 0.2) is 30.3 Å². The van der Waals surface area contributed by atoms with Gasteiger partial charge in [-0.2, -0.15) is 0 Å². The van der Waals surface area contributed by atoms with Crippen molar-refractivity contribution in [2.75, 3.05) is 5.32 Å². The third kappa shape index (κ3) is 3.58. The summed E-state index contributed by atoms with van der Waals surface area (Å²) in [4.78, 5) is 8.94. The number of anilines is 1. The maximum Gasteiger partial charge on any atom is 0.154 e. The van der Waals surface area contributed by atoms with E-state index in [2.05, 4.69) is 15.3 Å². The summed E-state index contributed by atoms with van der Waals surface area (Å²) in [5.41, 5.74) is 2.01. The first kappa shape index (κ1) is 13.1. The van der Waals surface area contributed by atoms with Gasteiger partial charge in [0.15, 0.2) is 5.82 Å². The fourth-order valence-electron chi connectivity index (χ4n) is 1.96. The van der Waals surface area contributed by atoms with Crippen molar-refractivity contribution in [2.45, 2.75) is 25.8 Å². The Morgan fingerprint density at radius 3 is 2.80 bits per heavy atom. The van der Waals surface area contributed by atoms with Gasteiger partial charge >= 0.3 is 0 Å². The van der Waals surface area contributed by atoms with Gasteiger partial charge in [0.25, 0.3) is 0 Å². The van der Waals surface area contributed by atoms with Crippen LogP contribution in [0.1, 0.15) is 29.9 Å². The lowest BCUT2D eigenvalue weighted by Crippen LogP contribution is -2.05. The quantitative estimate of drug-likeness (QED) is 0.915. The predicted molar refractivity (Wildman–Crippen MR) is 83.8 cm³/mol. The first-order valence-electron chi connectivity index (χ1n) is 6.75. The third-order valence-electron chi connectivity index (χ3n) is 3.07. The van der Waals surface area contributed by atoms with Gasteiger partial charge in [-0.25, -0.2) is 9.97 Å². The molecule has 1 N–H and O–H groups in total. The highest BCUT2D eigenvalue weighted by molar-refractivity contribution is 6.30. The number of hydrogen-bond acceptors (Lipinski definition) is 3. The monoisotopic (exact) mass is 285 g/mol. The molecule has 1 aromatic carbocycles. The normalized spacial score (nSPS) is 14.7. The average molecular weight is 286 g/mol. The van der Waals surface area contributed by atoms with Gasteiger partial charge in [-0.05, 0) is 43.5 Å². The molecule has 0 amide bonds. The summed E-state index contributed by atoms with van der Waals surface area (Å²) in [6.07, 6.45) is 6.35. The highest BCUT2D eigenvalue weighted by Crippen LogP contribution is 2.24. The zero-order valence-electron chi connectivity index (χ0n) is 11.3. The van der Waals surface area contributed by atoms with E-state index < -0.39 is 0 Å². The molecule has 20 heavy (non-hydrogen) atoms. The minimum atomic E-state index is 0.592. The summed E-state index contributed by atoms with van der Waals surface area (Å²) in [6, 6.07) is 10.3. The summed E-state index contributed by atoms with van der Waals surface area (Å²) in [5, 5.41) is 4.13. The Bertz CT molecular complexity index is 648. The summed E-state index contributed by atoms with van der Waals surface area (Å²) in [6.45, 7) is 1.98. The van der Waals surface area contributed by atoms with Crippen molar-refractivity contribution in [3.8, 4) is 0 Å². The lowest BCUT2D eigenvalue weighted by molar-refractivity contribution is 1.04. The molecular weight excluding hydrogens is 270 g/mol. The van der Waals surface area contributed by atoms with Crippen LogP contribution in [0.2, 0.25) is 5.02 Å². The van der Waals surface area contributed by atoms with Crippen LogP contribution in [0.25, 0.3) is 12.2 Å². The van der Waals surface area contributed by atoms with Crippen LogP contribution < -0.4 is 5.32 Å². The van der Waals surface area contributed by atoms with Crippen LogP contribution in [0, 0.1) is 6.92 Å². The van der Waals surface area contributed by atoms with Gasteiger partial charge in [0.05, 0.1) is 0 Å². The topological polar surface area (TPSA) is 37.8 Å². The Labute approximate surface area is 123 Å². The predicted octanol–water partition coefficient (Wildman–Crippen LogP) is 4.18. The molecule has 2 aromatic rings. The van der Waals surface area contributed by atoms with E-state index in [1.165, 1.54) is 12.8 Å². The molecule has 1 fully saturated rings. The van der Waals surface area contributed by atoms with Gasteiger partial charge in [0.2, 0.25) is 0 Å². The molecule has 0 atom stereocenters. The van der Waals surface area contributed by atoms with Crippen LogP contribution in [0.5, 0.6) is 0 Å². The Hall–Kier alpha value is -1.87. The van der Waals surface area contributed by atoms with Crippen LogP contribution in [0.3, 0.4) is 0 Å². The number of nitrogens with zero attached hydrogens (tertiary/aromatic N) is 2. The van der Waals surface area contributed by atoms with E-state index in [9.17, 15) is 0 Å². The molecule has 1 saturated carbocycles. The van der Waals surface area contributed by atoms with Crippen molar-refractivity contribution in [3.05, 3.63) is 52.4 Å². The molecule has 0 saturated heterocycles. The van der Waals surface area contributed by atoms with Gasteiger partial charge in [-0.1, -0.05) is 29.8 Å². The zero-order valence-corrected chi connectivity index (χ0v) is 12.1. The highest BCUT2D eigenvalue weighted by atomic mass is 35.5. The summed E-state index contributed by atoms with van der Waals surface area (Å²) in [5.74, 6) is 1.62. The maximum absolute atomic E-state index is 5.97. The standard InChI is InChI=1S/C16H16ClN3/c1-11-9-16(19-14-6-7-14)20-15(18-11)8-5-12-3-2-4-13(17)10-12/h2-5,8-10,14H,6-7H2,1H3,(H,18,19,20)/b8-5+. The molecule has 1 aliphatic carbocycles. The lowest BCUT2D eigenvalue weighted by Gasteiger charge is -2.05. The van der Waals surface area contributed by atoms with Crippen molar-refractivity contribution < 1.29 is 0 Å². The number of rotatable bonds is 4. The molecule has 4 heteroatoms. The molecule has 1 aliphatic rings. The molecule has 1 aromatic heterocycles. The Morgan fingerprint density at radius 1 is 1.20 bits per heavy atom. The molecule has 1 heterocycles. The molecule has 0 aliphatic heterocycles. The van der Waals surface area contributed by atoms with Gasteiger partial charge in [-0.3, -0.25) is 0 Å². The minimum Gasteiger partial charge on any atom is -0.367 e. The molecule has 0 unspecified atom stereocenters. The second-order valence-electron chi connectivity index (χ2n) is 5.06. The smallest absolute Gasteiger partial charge is 0.154 e. The number of benzene rings is 1. The van der Waals surface area contributed by atoms with Gasteiger partial charge in [0.1, 0.15) is 5.82 Å². The Morgan fingerprint density at radius 2 is 2.05 bits per heavy atom. The van der Waals surface area contributed by atoms with Crippen LogP contribution in [-0.4, -0.2) is 16.0 Å². The van der Waals surface area contributed by atoms with E-state index in [4.69, 9.17) is 11.6 Å². The fraction of sp³-hybridized carbons (Fsp3) is 0.250. The second-order valence-corrected chi connectivity index (χ2v) is 5.50. The molecule has 102 valence electrons. The lowest BCUT2D eigenvalue weighted by atomic mass is 10.2. The van der Waals surface area contributed by atoms with E-state index in [0.717, 1.165) is 22.1 Å². The molecule has 3 rings (SSSR count). The first-order chi connectivity index (χ1) is 9.69. The summed E-state index contributed by atoms with van der Waals surface area (Å²) < 4.78 is 0. The van der Waals surface area contributed by atoms with Crippen LogP contribution in [0.4, 0.5) is 5.82 Å². The fourth-order valence-corrected chi connectivity index (χ4v) is 2.16. The molecule has 3 nitrogen and oxygen atoms in total. The van der Waals surface area contributed by atoms with Gasteiger partial charge in [0, 0.05) is 22.8 Å². The number of hydrogen-bond donors (Lipinski definition) is 1. The van der Waals surface area contributed by atoms with Crippen LogP contribution in [-0.2, 0) is 0 Å². The van der Waals surface area contributed by atoms with Crippen molar-refractivity contribution in [1.29, 1.82) is 0 Å². The zero-order chi connectivity index (χ0) is 13.9. The SMILES string of the molecule is Cc1cc(NC2CC2)nc(/C=C/c2cccc(Cl)c2)n1. The van der Waals surface area contributed by atoms with Crippen LogP contribution >= 0.6 is 11.6 Å².